The summed E-state index contributed by atoms with van der Waals surface area (Å²) in [6.07, 6.45) is 1.96. The molecular formula is C40H29NS. The molecule has 1 nitrogen and oxygen atoms in total. The molecule has 0 fully saturated rings. The monoisotopic (exact) mass is 555 g/mol. The third kappa shape index (κ3) is 3.87. The number of hydrogen-bond donors (Lipinski definition) is 0. The van der Waals surface area contributed by atoms with E-state index in [1.807, 2.05) is 17.5 Å². The molecule has 0 unspecified atom stereocenters. The third-order valence-electron chi connectivity index (χ3n) is 8.57. The van der Waals surface area contributed by atoms with Crippen LogP contribution in [0.4, 0.5) is 0 Å². The van der Waals surface area contributed by atoms with Crippen molar-refractivity contribution in [1.29, 1.82) is 0 Å². The van der Waals surface area contributed by atoms with Crippen molar-refractivity contribution in [2.24, 2.45) is 0 Å². The molecule has 5 aromatic carbocycles. The Morgan fingerprint density at radius 3 is 1.52 bits per heavy atom. The number of fused-ring (bicyclic) bond motifs is 9. The Bertz CT molecular complexity index is 2160. The lowest BCUT2D eigenvalue weighted by molar-refractivity contribution is 1.33. The number of hydrogen-bond acceptors (Lipinski definition) is 2. The maximum Gasteiger partial charge on any atom is 0.0880 e. The molecule has 2 aromatic heterocycles. The SMILES string of the molecule is Cc1cc(C)cc(-c2nccc3c(C)c(-c4ccc5c(c4)-c4ccccc4-c4ccccc4-c4ccccc4-5)sc23)c1. The van der Waals surface area contributed by atoms with Gasteiger partial charge in [-0.3, -0.25) is 4.98 Å². The molecule has 8 rings (SSSR count). The molecule has 0 saturated heterocycles. The van der Waals surface area contributed by atoms with Crippen LogP contribution in [0, 0.1) is 20.8 Å². The van der Waals surface area contributed by atoms with E-state index in [-0.39, 0.29) is 0 Å². The Labute approximate surface area is 250 Å². The lowest BCUT2D eigenvalue weighted by Gasteiger charge is -2.23. The minimum Gasteiger partial charge on any atom is -0.255 e. The Balaban J connectivity index is 1.38. The molecule has 0 bridgehead atoms. The first-order chi connectivity index (χ1) is 20.6. The molecule has 2 heterocycles. The highest BCUT2D eigenvalue weighted by atomic mass is 32.1. The second kappa shape index (κ2) is 9.65. The lowest BCUT2D eigenvalue weighted by atomic mass is 9.80. The summed E-state index contributed by atoms with van der Waals surface area (Å²) in [7, 11) is 0. The van der Waals surface area contributed by atoms with Gasteiger partial charge in [-0.2, -0.15) is 0 Å². The molecule has 1 aliphatic rings. The average molecular weight is 556 g/mol. The number of benzene rings is 5. The predicted octanol–water partition coefficient (Wildman–Crippen LogP) is 11.5. The molecule has 0 radical (unpaired) electrons. The average Bonchev–Trinajstić information content (AvgIpc) is 3.36. The summed E-state index contributed by atoms with van der Waals surface area (Å²) in [5.74, 6) is 0. The number of aromatic nitrogens is 1. The van der Waals surface area contributed by atoms with Crippen molar-refractivity contribution < 1.29 is 0 Å². The zero-order chi connectivity index (χ0) is 28.4. The van der Waals surface area contributed by atoms with Gasteiger partial charge in [0.15, 0.2) is 0 Å². The zero-order valence-corrected chi connectivity index (χ0v) is 24.7. The smallest absolute Gasteiger partial charge is 0.0880 e. The first kappa shape index (κ1) is 25.0. The summed E-state index contributed by atoms with van der Waals surface area (Å²) in [6.45, 7) is 6.58. The van der Waals surface area contributed by atoms with Crippen molar-refractivity contribution in [2.75, 3.05) is 0 Å². The van der Waals surface area contributed by atoms with Crippen molar-refractivity contribution in [2.45, 2.75) is 20.8 Å². The van der Waals surface area contributed by atoms with E-state index >= 15 is 0 Å². The van der Waals surface area contributed by atoms with Crippen LogP contribution in [0.15, 0.2) is 121 Å². The van der Waals surface area contributed by atoms with Crippen LogP contribution in [0.2, 0.25) is 0 Å². The van der Waals surface area contributed by atoms with Crippen LogP contribution >= 0.6 is 11.3 Å². The van der Waals surface area contributed by atoms with E-state index in [4.69, 9.17) is 4.98 Å². The quantitative estimate of drug-likeness (QED) is 0.207. The van der Waals surface area contributed by atoms with Crippen LogP contribution in [0.1, 0.15) is 16.7 Å². The van der Waals surface area contributed by atoms with Crippen LogP contribution in [-0.2, 0) is 0 Å². The Morgan fingerprint density at radius 2 is 0.976 bits per heavy atom. The Hall–Kier alpha value is -4.79. The summed E-state index contributed by atoms with van der Waals surface area (Å²) in [5, 5.41) is 1.28. The molecule has 2 heteroatoms. The van der Waals surface area contributed by atoms with Crippen molar-refractivity contribution in [3.63, 3.8) is 0 Å². The van der Waals surface area contributed by atoms with E-state index < -0.39 is 0 Å². The highest BCUT2D eigenvalue weighted by Crippen LogP contribution is 2.49. The van der Waals surface area contributed by atoms with Gasteiger partial charge in [0.1, 0.15) is 0 Å². The zero-order valence-electron chi connectivity index (χ0n) is 23.9. The summed E-state index contributed by atoms with van der Waals surface area (Å²) in [4.78, 5) is 6.19. The highest BCUT2D eigenvalue weighted by molar-refractivity contribution is 7.23. The standard InChI is InChI=1S/C40H29NS/c1-24-20-25(2)22-28(21-24)38-40-29(18-19-41-38)26(3)39(42-40)27-16-17-36-34-14-7-6-12-32(34)30-10-4-5-11-31(30)33-13-8-9-15-35(33)37(36)23-27/h4-23H,1-3H3. The van der Waals surface area contributed by atoms with E-state index in [0.29, 0.717) is 0 Å². The van der Waals surface area contributed by atoms with Crippen LogP contribution < -0.4 is 0 Å². The van der Waals surface area contributed by atoms with Gasteiger partial charge in [-0.15, -0.1) is 11.3 Å². The molecule has 0 N–H and O–H groups in total. The molecule has 0 saturated carbocycles. The van der Waals surface area contributed by atoms with Crippen molar-refractivity contribution in [1.82, 2.24) is 4.98 Å². The minimum atomic E-state index is 1.07. The van der Waals surface area contributed by atoms with E-state index in [9.17, 15) is 0 Å². The fraction of sp³-hybridized carbons (Fsp3) is 0.0750. The van der Waals surface area contributed by atoms with Gasteiger partial charge in [0, 0.05) is 16.6 Å². The van der Waals surface area contributed by atoms with E-state index in [1.54, 1.807) is 0 Å². The fourth-order valence-electron chi connectivity index (χ4n) is 6.74. The molecule has 0 spiro atoms. The van der Waals surface area contributed by atoms with Crippen LogP contribution in [-0.4, -0.2) is 4.98 Å². The van der Waals surface area contributed by atoms with Crippen molar-refractivity contribution in [3.05, 3.63) is 138 Å². The van der Waals surface area contributed by atoms with Crippen molar-refractivity contribution in [3.8, 4) is 66.2 Å². The predicted molar refractivity (Wildman–Crippen MR) is 180 cm³/mol. The molecule has 200 valence electrons. The number of pyridine rings is 1. The Morgan fingerprint density at radius 1 is 0.476 bits per heavy atom. The van der Waals surface area contributed by atoms with Gasteiger partial charge in [0.2, 0.25) is 0 Å². The maximum atomic E-state index is 4.89. The number of rotatable bonds is 2. The van der Waals surface area contributed by atoms with Gasteiger partial charge < -0.3 is 0 Å². The van der Waals surface area contributed by atoms with Crippen LogP contribution in [0.25, 0.3) is 76.3 Å². The summed E-state index contributed by atoms with van der Waals surface area (Å²) >= 11 is 1.86. The topological polar surface area (TPSA) is 12.9 Å². The van der Waals surface area contributed by atoms with Crippen molar-refractivity contribution >= 4 is 21.4 Å². The van der Waals surface area contributed by atoms with Gasteiger partial charge in [-0.05, 0) is 106 Å². The second-order valence-electron chi connectivity index (χ2n) is 11.4. The van der Waals surface area contributed by atoms with E-state index in [0.717, 1.165) is 5.69 Å². The largest absolute Gasteiger partial charge is 0.255 e. The lowest BCUT2D eigenvalue weighted by Crippen LogP contribution is -1.97. The summed E-state index contributed by atoms with van der Waals surface area (Å²) in [5.41, 5.74) is 17.5. The van der Waals surface area contributed by atoms with Crippen LogP contribution in [0.5, 0.6) is 0 Å². The van der Waals surface area contributed by atoms with Gasteiger partial charge >= 0.3 is 0 Å². The molecule has 7 aromatic rings. The van der Waals surface area contributed by atoms with Gasteiger partial charge in [-0.1, -0.05) is 102 Å². The second-order valence-corrected chi connectivity index (χ2v) is 12.4. The molecule has 1 aliphatic carbocycles. The van der Waals surface area contributed by atoms with Gasteiger partial charge in [-0.25, -0.2) is 0 Å². The number of nitrogens with zero attached hydrogens (tertiary/aromatic N) is 1. The number of thiophene rings is 1. The Kier molecular flexibility index (Phi) is 5.73. The first-order valence-electron chi connectivity index (χ1n) is 14.5. The minimum absolute atomic E-state index is 1.07. The maximum absolute atomic E-state index is 4.89. The van der Waals surface area contributed by atoms with E-state index in [1.165, 1.54) is 87.3 Å². The third-order valence-corrected chi connectivity index (χ3v) is 9.94. The number of aryl methyl sites for hydroxylation is 3. The van der Waals surface area contributed by atoms with Gasteiger partial charge in [0.05, 0.1) is 10.4 Å². The summed E-state index contributed by atoms with van der Waals surface area (Å²) in [6, 6.07) is 42.5. The molecule has 0 aliphatic heterocycles. The molecule has 0 atom stereocenters. The first-order valence-corrected chi connectivity index (χ1v) is 15.3. The molecular weight excluding hydrogens is 527 g/mol. The molecule has 0 amide bonds. The van der Waals surface area contributed by atoms with E-state index in [2.05, 4.69) is 136 Å². The molecule has 42 heavy (non-hydrogen) atoms. The van der Waals surface area contributed by atoms with Crippen LogP contribution in [0.3, 0.4) is 0 Å². The highest BCUT2D eigenvalue weighted by Gasteiger charge is 2.23. The van der Waals surface area contributed by atoms with Gasteiger partial charge in [0.25, 0.3) is 0 Å². The fourth-order valence-corrected chi connectivity index (χ4v) is 8.05. The normalized spacial score (nSPS) is 11.7. The summed E-state index contributed by atoms with van der Waals surface area (Å²) < 4.78 is 1.25.